The summed E-state index contributed by atoms with van der Waals surface area (Å²) in [7, 11) is -2.17. The summed E-state index contributed by atoms with van der Waals surface area (Å²) in [6, 6.07) is 8.11. The minimum absolute atomic E-state index is 0.0283. The molecule has 1 amide bonds. The number of rotatable bonds is 9. The van der Waals surface area contributed by atoms with Gasteiger partial charge in [0.05, 0.1) is 33.2 Å². The third-order valence-electron chi connectivity index (χ3n) is 9.48. The molecule has 2 unspecified atom stereocenters. The molecule has 11 nitrogen and oxygen atoms in total. The van der Waals surface area contributed by atoms with Crippen molar-refractivity contribution in [1.29, 1.82) is 0 Å². The molecule has 282 valence electrons. The van der Waals surface area contributed by atoms with Crippen molar-refractivity contribution >= 4 is 54.3 Å². The molecule has 1 saturated carbocycles. The van der Waals surface area contributed by atoms with Crippen molar-refractivity contribution in [2.45, 2.75) is 50.4 Å². The van der Waals surface area contributed by atoms with Crippen molar-refractivity contribution in [2.75, 3.05) is 11.0 Å². The van der Waals surface area contributed by atoms with Crippen LogP contribution >= 0.6 is 11.3 Å². The first-order valence-corrected chi connectivity index (χ1v) is 19.0. The van der Waals surface area contributed by atoms with E-state index in [0.717, 1.165) is 18.4 Å². The number of para-hydroxylation sites is 1. The highest BCUT2D eigenvalue weighted by molar-refractivity contribution is 7.92. The molecule has 4 heterocycles. The van der Waals surface area contributed by atoms with Crippen LogP contribution in [0.5, 0.6) is 0 Å². The van der Waals surface area contributed by atoms with Gasteiger partial charge in [0.15, 0.2) is 17.2 Å². The predicted octanol–water partition coefficient (Wildman–Crippen LogP) is 6.73. The van der Waals surface area contributed by atoms with Gasteiger partial charge in [-0.3, -0.25) is 18.9 Å². The van der Waals surface area contributed by atoms with Crippen molar-refractivity contribution in [3.8, 4) is 11.1 Å². The number of hydrogen-bond donors (Lipinski definition) is 2. The summed E-state index contributed by atoms with van der Waals surface area (Å²) >= 11 is 1.30. The van der Waals surface area contributed by atoms with Crippen LogP contribution in [0.2, 0.25) is 0 Å². The van der Waals surface area contributed by atoms with E-state index >= 15 is 8.78 Å². The maximum atomic E-state index is 15.3. The Hall–Kier alpha value is -5.11. The number of anilines is 1. The van der Waals surface area contributed by atoms with Gasteiger partial charge in [0.2, 0.25) is 15.9 Å². The van der Waals surface area contributed by atoms with Crippen LogP contribution in [0.25, 0.3) is 32.4 Å². The number of pyridine rings is 1. The summed E-state index contributed by atoms with van der Waals surface area (Å²) in [5, 5.41) is 11.5. The summed E-state index contributed by atoms with van der Waals surface area (Å²) < 4.78 is 131. The molecule has 0 saturated heterocycles. The molecule has 0 aliphatic heterocycles. The lowest BCUT2D eigenvalue weighted by atomic mass is 9.94. The quantitative estimate of drug-likeness (QED) is 0.155. The standard InChI is InChI=1S/C34H27F7N8O3S2/c1-14-42-32-24(53-14)12-20(18-5-4-6-19-28(18)48(2)46-31(19)47-54(3,51)52)27(44-32)23(9-15-7-16(35)10-17(36)8-15)43-25(50)13-49-30-26(29(45-49)34(39,40)41)21-11-22(21)33(30,37)38/h4-8,10,12,21-23H,9,11,13H2,1-3H3,(H,43,50)(H,46,47)/t21-,22?,23?/m0/s1. The van der Waals surface area contributed by atoms with Gasteiger partial charge in [-0.05, 0) is 55.5 Å². The second kappa shape index (κ2) is 12.2. The fourth-order valence-electron chi connectivity index (χ4n) is 7.42. The van der Waals surface area contributed by atoms with Crippen molar-refractivity contribution in [1.82, 2.24) is 34.8 Å². The molecule has 2 aliphatic carbocycles. The van der Waals surface area contributed by atoms with Crippen molar-refractivity contribution < 1.29 is 43.9 Å². The van der Waals surface area contributed by atoms with Crippen LogP contribution in [0.4, 0.5) is 36.6 Å². The lowest BCUT2D eigenvalue weighted by Crippen LogP contribution is -2.35. The van der Waals surface area contributed by atoms with E-state index in [9.17, 15) is 35.2 Å². The second-order valence-electron chi connectivity index (χ2n) is 13.5. The molecular formula is C34H27F7N8O3S2. The number of amides is 1. The molecule has 2 N–H and O–H groups in total. The number of aromatic nitrogens is 6. The highest BCUT2D eigenvalue weighted by Crippen LogP contribution is 2.68. The van der Waals surface area contributed by atoms with Gasteiger partial charge in [0.25, 0.3) is 5.92 Å². The highest BCUT2D eigenvalue weighted by atomic mass is 32.2. The first-order valence-electron chi connectivity index (χ1n) is 16.3. The van der Waals surface area contributed by atoms with E-state index in [-0.39, 0.29) is 35.6 Å². The van der Waals surface area contributed by atoms with Gasteiger partial charge in [0, 0.05) is 41.1 Å². The smallest absolute Gasteiger partial charge is 0.346 e. The Balaban J connectivity index is 1.27. The highest BCUT2D eigenvalue weighted by Gasteiger charge is 2.68. The van der Waals surface area contributed by atoms with Crippen molar-refractivity contribution in [2.24, 2.45) is 13.0 Å². The summed E-state index contributed by atoms with van der Waals surface area (Å²) in [4.78, 5) is 23.1. The van der Waals surface area contributed by atoms with E-state index in [1.165, 1.54) is 16.0 Å². The number of hydrogen-bond acceptors (Lipinski definition) is 8. The fourth-order valence-corrected chi connectivity index (χ4v) is 8.73. The molecule has 0 spiro atoms. The number of alkyl halides is 5. The minimum atomic E-state index is -5.05. The summed E-state index contributed by atoms with van der Waals surface area (Å²) in [5.74, 6) is -8.85. The lowest BCUT2D eigenvalue weighted by molar-refractivity contribution is -0.142. The van der Waals surface area contributed by atoms with Crippen molar-refractivity contribution in [3.63, 3.8) is 0 Å². The number of benzene rings is 2. The van der Waals surface area contributed by atoms with Crippen LogP contribution in [0, 0.1) is 24.5 Å². The summed E-state index contributed by atoms with van der Waals surface area (Å²) in [5.41, 5.74) is -1.40. The van der Waals surface area contributed by atoms with Crippen LogP contribution in [0.3, 0.4) is 0 Å². The van der Waals surface area contributed by atoms with Crippen LogP contribution in [-0.2, 0) is 46.9 Å². The zero-order chi connectivity index (χ0) is 38.6. The number of fused-ring (bicyclic) bond motifs is 5. The zero-order valence-electron chi connectivity index (χ0n) is 28.3. The van der Waals surface area contributed by atoms with Gasteiger partial charge in [-0.15, -0.1) is 11.3 Å². The average molecular weight is 793 g/mol. The Morgan fingerprint density at radius 1 is 1.07 bits per heavy atom. The Bertz CT molecular complexity index is 2630. The van der Waals surface area contributed by atoms with Crippen LogP contribution in [0.15, 0.2) is 42.5 Å². The number of nitrogens with zero attached hydrogens (tertiary/aromatic N) is 6. The number of aryl methyl sites for hydroxylation is 2. The summed E-state index contributed by atoms with van der Waals surface area (Å²) in [6.45, 7) is 0.704. The lowest BCUT2D eigenvalue weighted by Gasteiger charge is -2.23. The van der Waals surface area contributed by atoms with Gasteiger partial charge < -0.3 is 5.32 Å². The van der Waals surface area contributed by atoms with Gasteiger partial charge in [-0.2, -0.15) is 32.1 Å². The molecule has 2 aromatic carbocycles. The zero-order valence-corrected chi connectivity index (χ0v) is 29.9. The molecule has 8 rings (SSSR count). The molecular weight excluding hydrogens is 766 g/mol. The number of nitrogens with one attached hydrogen (secondary N) is 2. The SMILES string of the molecule is Cc1nc2nc(C(Cc3cc(F)cc(F)c3)NC(=O)Cn3nc(C(F)(F)F)c4c3C(F)(F)C3C[C@H]43)c(-c3cccc4c(NS(C)(=O)=O)nn(C)c34)cc2s1. The molecule has 0 radical (unpaired) electrons. The van der Waals surface area contributed by atoms with Crippen LogP contribution in [-0.4, -0.2) is 50.1 Å². The normalized spacial score (nSPS) is 18.2. The van der Waals surface area contributed by atoms with Gasteiger partial charge in [-0.25, -0.2) is 27.2 Å². The van der Waals surface area contributed by atoms with E-state index in [1.54, 1.807) is 38.2 Å². The number of thiazole rings is 1. The molecule has 4 aromatic heterocycles. The molecule has 6 aromatic rings. The largest absolute Gasteiger partial charge is 0.435 e. The Morgan fingerprint density at radius 3 is 2.48 bits per heavy atom. The maximum absolute atomic E-state index is 15.3. The predicted molar refractivity (Wildman–Crippen MR) is 183 cm³/mol. The average Bonchev–Trinajstić information content (AvgIpc) is 3.37. The summed E-state index contributed by atoms with van der Waals surface area (Å²) in [6.07, 6.45) is -4.53. The first-order chi connectivity index (χ1) is 25.3. The maximum Gasteiger partial charge on any atom is 0.435 e. The van der Waals surface area contributed by atoms with E-state index in [0.29, 0.717) is 42.5 Å². The number of sulfonamides is 1. The molecule has 3 atom stereocenters. The van der Waals surface area contributed by atoms with E-state index < -0.39 is 81.0 Å². The van der Waals surface area contributed by atoms with Gasteiger partial charge in [0.1, 0.15) is 23.9 Å². The fraction of sp³-hybridized carbons (Fsp3) is 0.324. The van der Waals surface area contributed by atoms with Gasteiger partial charge in [-0.1, -0.05) is 12.1 Å². The topological polar surface area (TPSA) is 137 Å². The van der Waals surface area contributed by atoms with Gasteiger partial charge >= 0.3 is 6.18 Å². The van der Waals surface area contributed by atoms with Crippen LogP contribution < -0.4 is 10.0 Å². The second-order valence-corrected chi connectivity index (χ2v) is 16.4. The third-order valence-corrected chi connectivity index (χ3v) is 10.9. The van der Waals surface area contributed by atoms with Crippen LogP contribution in [0.1, 0.15) is 51.6 Å². The molecule has 54 heavy (non-hydrogen) atoms. The Morgan fingerprint density at radius 2 is 1.80 bits per heavy atom. The molecule has 20 heteroatoms. The number of carbonyl (C=O) groups excluding carboxylic acids is 1. The minimum Gasteiger partial charge on any atom is -0.346 e. The third kappa shape index (κ3) is 6.23. The van der Waals surface area contributed by atoms with E-state index in [4.69, 9.17) is 4.98 Å². The number of carbonyl (C=O) groups is 1. The Labute approximate surface area is 305 Å². The molecule has 2 aliphatic rings. The van der Waals surface area contributed by atoms with E-state index in [2.05, 4.69) is 25.2 Å². The van der Waals surface area contributed by atoms with E-state index in [1.807, 2.05) is 0 Å². The Kier molecular flexibility index (Phi) is 8.11. The first kappa shape index (κ1) is 35.9. The molecule has 0 bridgehead atoms. The van der Waals surface area contributed by atoms with Crippen molar-refractivity contribution in [3.05, 3.63) is 87.3 Å². The number of halogens is 7. The molecule has 1 fully saturated rings. The monoisotopic (exact) mass is 792 g/mol.